The number of pyridine rings is 1. The lowest BCUT2D eigenvalue weighted by Gasteiger charge is -2.42. The highest BCUT2D eigenvalue weighted by Crippen LogP contribution is 2.51. The molecule has 37 heavy (non-hydrogen) atoms. The molecule has 5 heterocycles. The minimum atomic E-state index is -0.214. The van der Waals surface area contributed by atoms with E-state index in [1.807, 2.05) is 24.5 Å². The second-order valence-electron chi connectivity index (χ2n) is 10.9. The maximum Gasteiger partial charge on any atom is 0.255 e. The SMILES string of the molecule is Cn1ccc2c(c1=O)CCCN2C1=NCc2nc(N3CCC4(CC3)Cc3ccc(F)cc3[C@H]4N)cnc21. The zero-order valence-electron chi connectivity index (χ0n) is 21.0. The van der Waals surface area contributed by atoms with Crippen molar-refractivity contribution in [3.05, 3.63) is 80.9 Å². The Morgan fingerprint density at radius 3 is 2.84 bits per heavy atom. The Balaban J connectivity index is 1.10. The number of aromatic nitrogens is 3. The highest BCUT2D eigenvalue weighted by molar-refractivity contribution is 6.11. The number of rotatable bonds is 1. The Labute approximate surface area is 214 Å². The molecule has 0 saturated carbocycles. The minimum absolute atomic E-state index is 0.0220. The summed E-state index contributed by atoms with van der Waals surface area (Å²) in [6.45, 7) is 2.98. The van der Waals surface area contributed by atoms with Gasteiger partial charge in [-0.1, -0.05) is 6.07 Å². The second-order valence-corrected chi connectivity index (χ2v) is 10.9. The Bertz CT molecular complexity index is 1500. The van der Waals surface area contributed by atoms with Crippen LogP contribution in [0, 0.1) is 11.2 Å². The van der Waals surface area contributed by atoms with Gasteiger partial charge in [0, 0.05) is 44.5 Å². The molecule has 3 aromatic rings. The Kier molecular flexibility index (Phi) is 5.01. The predicted molar refractivity (Wildman–Crippen MR) is 141 cm³/mol. The van der Waals surface area contributed by atoms with Gasteiger partial charge < -0.3 is 20.1 Å². The van der Waals surface area contributed by atoms with Crippen LogP contribution in [0.2, 0.25) is 0 Å². The standard InChI is InChI=1S/C28H30FN7O/c1-34-10-6-22-19(27(34)37)3-2-9-36(22)26-24-21(15-32-26)33-23(16-31-24)35-11-7-28(8-12-35)14-17-4-5-18(29)13-20(17)25(28)30/h4-6,10,13,16,25H,2-3,7-9,11-12,14-15,30H2,1H3/t25-/m1/s1. The first-order valence-corrected chi connectivity index (χ1v) is 13.1. The highest BCUT2D eigenvalue weighted by Gasteiger charge is 2.46. The van der Waals surface area contributed by atoms with Gasteiger partial charge in [-0.15, -0.1) is 0 Å². The topological polar surface area (TPSA) is 92.6 Å². The van der Waals surface area contributed by atoms with Crippen LogP contribution in [-0.4, -0.2) is 40.0 Å². The molecule has 2 N–H and O–H groups in total. The summed E-state index contributed by atoms with van der Waals surface area (Å²) in [6, 6.07) is 6.92. The first-order valence-electron chi connectivity index (χ1n) is 13.1. The molecule has 0 unspecified atom stereocenters. The summed E-state index contributed by atoms with van der Waals surface area (Å²) < 4.78 is 15.5. The van der Waals surface area contributed by atoms with Crippen LogP contribution in [0.4, 0.5) is 15.9 Å². The zero-order chi connectivity index (χ0) is 25.3. The van der Waals surface area contributed by atoms with Gasteiger partial charge in [-0.25, -0.2) is 14.4 Å². The predicted octanol–water partition coefficient (Wildman–Crippen LogP) is 2.87. The molecule has 190 valence electrons. The van der Waals surface area contributed by atoms with Crippen molar-refractivity contribution >= 4 is 17.3 Å². The molecule has 8 nitrogen and oxygen atoms in total. The van der Waals surface area contributed by atoms with Gasteiger partial charge in [0.15, 0.2) is 5.84 Å². The highest BCUT2D eigenvalue weighted by atomic mass is 19.1. The number of anilines is 2. The van der Waals surface area contributed by atoms with Crippen LogP contribution in [-0.2, 0) is 26.4 Å². The van der Waals surface area contributed by atoms with Crippen LogP contribution in [0.1, 0.15) is 53.4 Å². The van der Waals surface area contributed by atoms with Gasteiger partial charge in [0.1, 0.15) is 17.3 Å². The number of amidine groups is 1. The lowest BCUT2D eigenvalue weighted by atomic mass is 9.73. The number of aliphatic imine (C=N–C) groups is 1. The summed E-state index contributed by atoms with van der Waals surface area (Å²) in [7, 11) is 1.79. The molecule has 1 saturated heterocycles. The van der Waals surface area contributed by atoms with Crippen molar-refractivity contribution in [2.24, 2.45) is 23.2 Å². The van der Waals surface area contributed by atoms with E-state index in [1.165, 1.54) is 11.6 Å². The van der Waals surface area contributed by atoms with Gasteiger partial charge >= 0.3 is 0 Å². The molecule has 1 spiro atoms. The summed E-state index contributed by atoms with van der Waals surface area (Å²) in [5.41, 5.74) is 12.3. The number of hydrogen-bond acceptors (Lipinski definition) is 7. The number of piperidine rings is 1. The summed E-state index contributed by atoms with van der Waals surface area (Å²) in [5, 5.41) is 0. The maximum atomic E-state index is 13.8. The first kappa shape index (κ1) is 22.6. The molecular formula is C28H30FN7O. The number of nitrogens with zero attached hydrogens (tertiary/aromatic N) is 6. The van der Waals surface area contributed by atoms with Crippen LogP contribution in [0.25, 0.3) is 0 Å². The molecule has 0 radical (unpaired) electrons. The third-order valence-corrected chi connectivity index (χ3v) is 8.85. The summed E-state index contributed by atoms with van der Waals surface area (Å²) in [5.74, 6) is 1.46. The zero-order valence-corrected chi connectivity index (χ0v) is 21.0. The van der Waals surface area contributed by atoms with E-state index in [4.69, 9.17) is 20.7 Å². The van der Waals surface area contributed by atoms with E-state index in [0.717, 1.165) is 91.6 Å². The van der Waals surface area contributed by atoms with E-state index in [-0.39, 0.29) is 22.8 Å². The molecule has 2 aromatic heterocycles. The molecular weight excluding hydrogens is 469 g/mol. The molecule has 1 fully saturated rings. The maximum absolute atomic E-state index is 13.8. The second kappa shape index (κ2) is 8.21. The third kappa shape index (κ3) is 3.43. The van der Waals surface area contributed by atoms with Crippen molar-refractivity contribution in [3.8, 4) is 0 Å². The van der Waals surface area contributed by atoms with Gasteiger partial charge in [-0.3, -0.25) is 9.79 Å². The van der Waals surface area contributed by atoms with E-state index >= 15 is 0 Å². The fourth-order valence-electron chi connectivity index (χ4n) is 6.72. The first-order chi connectivity index (χ1) is 17.9. The van der Waals surface area contributed by atoms with Crippen molar-refractivity contribution in [1.29, 1.82) is 0 Å². The Morgan fingerprint density at radius 1 is 1.16 bits per heavy atom. The molecule has 3 aliphatic heterocycles. The molecule has 1 aromatic carbocycles. The lowest BCUT2D eigenvalue weighted by Crippen LogP contribution is -2.44. The van der Waals surface area contributed by atoms with E-state index in [1.54, 1.807) is 17.7 Å². The monoisotopic (exact) mass is 499 g/mol. The van der Waals surface area contributed by atoms with Crippen LogP contribution < -0.4 is 21.1 Å². The number of hydrogen-bond donors (Lipinski definition) is 1. The van der Waals surface area contributed by atoms with Crippen LogP contribution in [0.15, 0.2) is 46.4 Å². The summed E-state index contributed by atoms with van der Waals surface area (Å²) >= 11 is 0. The van der Waals surface area contributed by atoms with Crippen molar-refractivity contribution in [2.45, 2.75) is 44.7 Å². The van der Waals surface area contributed by atoms with Crippen molar-refractivity contribution in [1.82, 2.24) is 14.5 Å². The average Bonchev–Trinajstić information content (AvgIpc) is 3.45. The quantitative estimate of drug-likeness (QED) is 0.554. The molecule has 1 aliphatic carbocycles. The third-order valence-electron chi connectivity index (χ3n) is 8.85. The fourth-order valence-corrected chi connectivity index (χ4v) is 6.72. The average molecular weight is 500 g/mol. The van der Waals surface area contributed by atoms with Gasteiger partial charge in [0.25, 0.3) is 5.56 Å². The van der Waals surface area contributed by atoms with Gasteiger partial charge in [0.05, 0.1) is 24.1 Å². The van der Waals surface area contributed by atoms with Crippen LogP contribution >= 0.6 is 0 Å². The van der Waals surface area contributed by atoms with Crippen molar-refractivity contribution in [2.75, 3.05) is 29.4 Å². The summed E-state index contributed by atoms with van der Waals surface area (Å²) in [4.78, 5) is 31.7. The number of nitrogens with two attached hydrogens (primary N) is 1. The number of halogens is 1. The molecule has 1 atom stereocenters. The number of aryl methyl sites for hydroxylation is 1. The molecule has 4 aliphatic rings. The minimum Gasteiger partial charge on any atom is -0.355 e. The summed E-state index contributed by atoms with van der Waals surface area (Å²) in [6.07, 6.45) is 8.13. The molecule has 7 rings (SSSR count). The Morgan fingerprint density at radius 2 is 2.00 bits per heavy atom. The van der Waals surface area contributed by atoms with Gasteiger partial charge in [0.2, 0.25) is 0 Å². The van der Waals surface area contributed by atoms with E-state index in [0.29, 0.717) is 6.54 Å². The largest absolute Gasteiger partial charge is 0.355 e. The molecule has 9 heteroatoms. The van der Waals surface area contributed by atoms with Gasteiger partial charge in [-0.05, 0) is 66.8 Å². The van der Waals surface area contributed by atoms with Crippen molar-refractivity contribution < 1.29 is 4.39 Å². The number of fused-ring (bicyclic) bond motifs is 3. The van der Waals surface area contributed by atoms with E-state index < -0.39 is 0 Å². The lowest BCUT2D eigenvalue weighted by molar-refractivity contribution is 0.187. The van der Waals surface area contributed by atoms with Crippen LogP contribution in [0.3, 0.4) is 0 Å². The normalized spacial score (nSPS) is 21.6. The smallest absolute Gasteiger partial charge is 0.255 e. The van der Waals surface area contributed by atoms with E-state index in [2.05, 4.69) is 9.80 Å². The molecule has 0 bridgehead atoms. The molecule has 0 amide bonds. The Hall–Kier alpha value is -3.59. The van der Waals surface area contributed by atoms with Crippen molar-refractivity contribution in [3.63, 3.8) is 0 Å². The van der Waals surface area contributed by atoms with Gasteiger partial charge in [-0.2, -0.15) is 0 Å². The number of benzene rings is 1. The van der Waals surface area contributed by atoms with Crippen LogP contribution in [0.5, 0.6) is 0 Å². The van der Waals surface area contributed by atoms with E-state index in [9.17, 15) is 9.18 Å². The fraction of sp³-hybridized carbons (Fsp3) is 0.429.